The summed E-state index contributed by atoms with van der Waals surface area (Å²) >= 11 is 0. The molecule has 0 aliphatic carbocycles. The number of nitrogens with one attached hydrogen (secondary N) is 1. The van der Waals surface area contributed by atoms with Crippen LogP contribution in [-0.2, 0) is 0 Å². The topological polar surface area (TPSA) is 38.3 Å². The van der Waals surface area contributed by atoms with E-state index in [1.165, 1.54) is 24.3 Å². The third kappa shape index (κ3) is 6.04. The minimum Gasteiger partial charge on any atom is -0.457 e. The van der Waals surface area contributed by atoms with Crippen LogP contribution in [-0.4, -0.2) is 12.5 Å². The maximum atomic E-state index is 13.4. The Morgan fingerprint density at radius 2 is 1.30 bits per heavy atom. The van der Waals surface area contributed by atoms with E-state index >= 15 is 0 Å². The van der Waals surface area contributed by atoms with Gasteiger partial charge >= 0.3 is 0 Å². The monoisotopic (exact) mass is 443 g/mol. The summed E-state index contributed by atoms with van der Waals surface area (Å²) in [6.07, 6.45) is 0.573. The van der Waals surface area contributed by atoms with Crippen LogP contribution < -0.4 is 10.1 Å². The lowest BCUT2D eigenvalue weighted by Crippen LogP contribution is -2.25. The molecule has 3 nitrogen and oxygen atoms in total. The van der Waals surface area contributed by atoms with E-state index in [2.05, 4.69) is 5.32 Å². The fourth-order valence-corrected chi connectivity index (χ4v) is 3.67. The molecule has 166 valence electrons. The molecule has 4 aromatic rings. The molecule has 4 rings (SSSR count). The van der Waals surface area contributed by atoms with Crippen LogP contribution in [0.1, 0.15) is 33.8 Å². The lowest BCUT2D eigenvalue weighted by Gasteiger charge is -2.19. The molecule has 0 saturated heterocycles. The first-order valence-electron chi connectivity index (χ1n) is 10.7. The summed E-state index contributed by atoms with van der Waals surface area (Å²) in [6.45, 7) is 0.391. The number of carbonyl (C=O) groups excluding carboxylic acids is 1. The summed E-state index contributed by atoms with van der Waals surface area (Å²) in [4.78, 5) is 12.7. The number of carbonyl (C=O) groups is 1. The van der Waals surface area contributed by atoms with E-state index in [0.717, 1.165) is 11.1 Å². The molecule has 1 N–H and O–H groups in total. The molecule has 0 fully saturated rings. The molecule has 0 unspecified atom stereocenters. The van der Waals surface area contributed by atoms with Crippen LogP contribution >= 0.6 is 0 Å². The van der Waals surface area contributed by atoms with Crippen LogP contribution in [0.3, 0.4) is 0 Å². The molecule has 0 aliphatic heterocycles. The van der Waals surface area contributed by atoms with Crippen molar-refractivity contribution in [3.8, 4) is 11.5 Å². The van der Waals surface area contributed by atoms with E-state index in [1.54, 1.807) is 48.5 Å². The lowest BCUT2D eigenvalue weighted by atomic mass is 9.88. The van der Waals surface area contributed by atoms with Gasteiger partial charge in [-0.15, -0.1) is 0 Å². The van der Waals surface area contributed by atoms with Gasteiger partial charge in [0.25, 0.3) is 5.91 Å². The zero-order chi connectivity index (χ0) is 23.0. The number of amides is 1. The molecule has 1 amide bonds. The fourth-order valence-electron chi connectivity index (χ4n) is 3.67. The molecule has 0 spiro atoms. The smallest absolute Gasteiger partial charge is 0.251 e. The maximum Gasteiger partial charge on any atom is 0.251 e. The van der Waals surface area contributed by atoms with Gasteiger partial charge in [-0.2, -0.15) is 0 Å². The second-order valence-electron chi connectivity index (χ2n) is 7.64. The first-order chi connectivity index (χ1) is 16.1. The van der Waals surface area contributed by atoms with Gasteiger partial charge in [-0.25, -0.2) is 8.78 Å². The zero-order valence-electron chi connectivity index (χ0n) is 17.9. The van der Waals surface area contributed by atoms with Crippen LogP contribution in [0.4, 0.5) is 8.78 Å². The van der Waals surface area contributed by atoms with Gasteiger partial charge in [0, 0.05) is 18.0 Å². The third-order valence-corrected chi connectivity index (χ3v) is 5.34. The van der Waals surface area contributed by atoms with Crippen molar-refractivity contribution in [3.05, 3.63) is 131 Å². The summed E-state index contributed by atoms with van der Waals surface area (Å²) in [6, 6.07) is 28.8. The standard InChI is InChI=1S/C28H23F2NO2/c29-23-13-9-20(10-14-23)27(21-11-15-24(30)16-12-21)17-18-31-28(32)22-5-4-8-26(19-22)33-25-6-2-1-3-7-25/h1-16,19,27H,17-18H2,(H,31,32). The van der Waals surface area contributed by atoms with Crippen LogP contribution in [0.5, 0.6) is 11.5 Å². The van der Waals surface area contributed by atoms with Gasteiger partial charge in [0.1, 0.15) is 23.1 Å². The van der Waals surface area contributed by atoms with Crippen molar-refractivity contribution in [3.63, 3.8) is 0 Å². The van der Waals surface area contributed by atoms with E-state index in [-0.39, 0.29) is 23.5 Å². The average Bonchev–Trinajstić information content (AvgIpc) is 2.84. The van der Waals surface area contributed by atoms with E-state index in [4.69, 9.17) is 4.74 Å². The lowest BCUT2D eigenvalue weighted by molar-refractivity contribution is 0.0952. The predicted molar refractivity (Wildman–Crippen MR) is 125 cm³/mol. The van der Waals surface area contributed by atoms with Crippen molar-refractivity contribution in [2.24, 2.45) is 0 Å². The Bertz CT molecular complexity index is 1150. The highest BCUT2D eigenvalue weighted by atomic mass is 19.1. The highest BCUT2D eigenvalue weighted by molar-refractivity contribution is 5.94. The number of hydrogen-bond acceptors (Lipinski definition) is 2. The van der Waals surface area contributed by atoms with Crippen molar-refractivity contribution in [1.29, 1.82) is 0 Å². The first kappa shape index (κ1) is 22.2. The van der Waals surface area contributed by atoms with Gasteiger partial charge in [0.2, 0.25) is 0 Å². The summed E-state index contributed by atoms with van der Waals surface area (Å²) in [5, 5.41) is 2.94. The highest BCUT2D eigenvalue weighted by Gasteiger charge is 2.16. The summed E-state index contributed by atoms with van der Waals surface area (Å²) in [5.74, 6) is 0.301. The molecule has 0 heterocycles. The van der Waals surface area contributed by atoms with Gasteiger partial charge in [0.05, 0.1) is 0 Å². The molecular weight excluding hydrogens is 420 g/mol. The Labute approximate surface area is 191 Å². The van der Waals surface area contributed by atoms with Crippen LogP contribution in [0.25, 0.3) is 0 Å². The molecule has 5 heteroatoms. The Morgan fingerprint density at radius 3 is 1.91 bits per heavy atom. The van der Waals surface area contributed by atoms with Crippen molar-refractivity contribution >= 4 is 5.91 Å². The highest BCUT2D eigenvalue weighted by Crippen LogP contribution is 2.28. The normalized spacial score (nSPS) is 10.8. The fraction of sp³-hybridized carbons (Fsp3) is 0.107. The van der Waals surface area contributed by atoms with Gasteiger partial charge in [-0.3, -0.25) is 4.79 Å². The maximum absolute atomic E-state index is 13.4. The van der Waals surface area contributed by atoms with E-state index in [9.17, 15) is 13.6 Å². The Hall–Kier alpha value is -3.99. The summed E-state index contributed by atoms with van der Waals surface area (Å²) < 4.78 is 32.6. The van der Waals surface area contributed by atoms with Gasteiger partial charge in [-0.1, -0.05) is 48.5 Å². The molecule has 0 aromatic heterocycles. The number of rotatable bonds is 8. The number of benzene rings is 4. The second kappa shape index (κ2) is 10.6. The summed E-state index contributed by atoms with van der Waals surface area (Å²) in [7, 11) is 0. The molecule has 4 aromatic carbocycles. The van der Waals surface area contributed by atoms with E-state index < -0.39 is 0 Å². The molecule has 0 radical (unpaired) electrons. The number of para-hydroxylation sites is 1. The predicted octanol–water partition coefficient (Wildman–Crippen LogP) is 6.71. The Morgan fingerprint density at radius 1 is 0.727 bits per heavy atom. The van der Waals surface area contributed by atoms with Crippen molar-refractivity contribution in [1.82, 2.24) is 5.32 Å². The molecule has 0 atom stereocenters. The molecule has 0 aliphatic rings. The molecule has 0 saturated carbocycles. The number of hydrogen-bond donors (Lipinski definition) is 1. The number of halogens is 2. The van der Waals surface area contributed by atoms with Crippen molar-refractivity contribution < 1.29 is 18.3 Å². The SMILES string of the molecule is O=C(NCCC(c1ccc(F)cc1)c1ccc(F)cc1)c1cccc(Oc2ccccc2)c1. The first-order valence-corrected chi connectivity index (χ1v) is 10.7. The van der Waals surface area contributed by atoms with Crippen LogP contribution in [0.15, 0.2) is 103 Å². The van der Waals surface area contributed by atoms with Gasteiger partial charge in [-0.05, 0) is 72.1 Å². The Balaban J connectivity index is 1.42. The minimum atomic E-state index is -0.317. The number of ether oxygens (including phenoxy) is 1. The van der Waals surface area contributed by atoms with Crippen LogP contribution in [0, 0.1) is 11.6 Å². The van der Waals surface area contributed by atoms with Gasteiger partial charge < -0.3 is 10.1 Å². The molecule has 33 heavy (non-hydrogen) atoms. The van der Waals surface area contributed by atoms with Crippen molar-refractivity contribution in [2.45, 2.75) is 12.3 Å². The average molecular weight is 443 g/mol. The minimum absolute atomic E-state index is 0.112. The second-order valence-corrected chi connectivity index (χ2v) is 7.64. The Kier molecular flexibility index (Phi) is 7.10. The third-order valence-electron chi connectivity index (χ3n) is 5.34. The van der Waals surface area contributed by atoms with E-state index in [0.29, 0.717) is 30.0 Å². The van der Waals surface area contributed by atoms with Gasteiger partial charge in [0.15, 0.2) is 0 Å². The summed E-state index contributed by atoms with van der Waals surface area (Å²) in [5.41, 5.74) is 2.29. The zero-order valence-corrected chi connectivity index (χ0v) is 17.9. The van der Waals surface area contributed by atoms with E-state index in [1.807, 2.05) is 30.3 Å². The van der Waals surface area contributed by atoms with Crippen LogP contribution in [0.2, 0.25) is 0 Å². The largest absolute Gasteiger partial charge is 0.457 e. The quantitative estimate of drug-likeness (QED) is 0.329. The van der Waals surface area contributed by atoms with Crippen molar-refractivity contribution in [2.75, 3.05) is 6.54 Å². The molecular formula is C28H23F2NO2. The molecule has 0 bridgehead atoms.